The highest BCUT2D eigenvalue weighted by Gasteiger charge is 1.96. The first-order valence-corrected chi connectivity index (χ1v) is 5.64. The molecule has 90 valence electrons. The second kappa shape index (κ2) is 5.50. The highest BCUT2D eigenvalue weighted by molar-refractivity contribution is 5.08. The zero-order valence-electron chi connectivity index (χ0n) is 9.85. The zero-order chi connectivity index (χ0) is 12.1. The van der Waals surface area contributed by atoms with Gasteiger partial charge in [0.05, 0.1) is 12.5 Å². The number of hydrogen-bond acceptors (Lipinski definition) is 3. The van der Waals surface area contributed by atoms with Crippen molar-refractivity contribution in [1.29, 1.82) is 0 Å². The molecule has 2 aromatic rings. The van der Waals surface area contributed by atoms with Gasteiger partial charge in [-0.3, -0.25) is 4.79 Å². The molecule has 2 heterocycles. The van der Waals surface area contributed by atoms with Crippen LogP contribution in [0.15, 0.2) is 46.1 Å². The minimum absolute atomic E-state index is 0.0510. The fourth-order valence-corrected chi connectivity index (χ4v) is 1.62. The quantitative estimate of drug-likeness (QED) is 0.795. The van der Waals surface area contributed by atoms with Crippen LogP contribution in [0.1, 0.15) is 11.1 Å². The summed E-state index contributed by atoms with van der Waals surface area (Å²) < 4.78 is 6.67. The Morgan fingerprint density at radius 1 is 1.41 bits per heavy atom. The predicted octanol–water partition coefficient (Wildman–Crippen LogP) is 1.54. The van der Waals surface area contributed by atoms with Crippen molar-refractivity contribution < 1.29 is 4.42 Å². The molecule has 0 aromatic carbocycles. The molecule has 4 heteroatoms. The predicted molar refractivity (Wildman–Crippen MR) is 65.9 cm³/mol. The van der Waals surface area contributed by atoms with Crippen molar-refractivity contribution in [3.63, 3.8) is 0 Å². The average Bonchev–Trinajstić information content (AvgIpc) is 2.79. The van der Waals surface area contributed by atoms with Crippen LogP contribution in [0.5, 0.6) is 0 Å². The summed E-state index contributed by atoms with van der Waals surface area (Å²) in [5.41, 5.74) is 2.16. The van der Waals surface area contributed by atoms with Crippen LogP contribution in [0.3, 0.4) is 0 Å². The Morgan fingerprint density at radius 2 is 2.29 bits per heavy atom. The maximum absolute atomic E-state index is 11.6. The lowest BCUT2D eigenvalue weighted by Crippen LogP contribution is -2.26. The van der Waals surface area contributed by atoms with Crippen LogP contribution in [0.2, 0.25) is 0 Å². The van der Waals surface area contributed by atoms with Crippen LogP contribution >= 0.6 is 0 Å². The summed E-state index contributed by atoms with van der Waals surface area (Å²) in [7, 11) is 0. The van der Waals surface area contributed by atoms with E-state index in [0.717, 1.165) is 24.2 Å². The van der Waals surface area contributed by atoms with Gasteiger partial charge >= 0.3 is 0 Å². The summed E-state index contributed by atoms with van der Waals surface area (Å²) in [6, 6.07) is 5.51. The molecule has 0 saturated carbocycles. The minimum Gasteiger partial charge on any atom is -0.472 e. The van der Waals surface area contributed by atoms with E-state index < -0.39 is 0 Å². The van der Waals surface area contributed by atoms with Crippen molar-refractivity contribution in [1.82, 2.24) is 9.88 Å². The monoisotopic (exact) mass is 232 g/mol. The Morgan fingerprint density at radius 3 is 3.00 bits per heavy atom. The lowest BCUT2D eigenvalue weighted by molar-refractivity contribution is 0.554. The van der Waals surface area contributed by atoms with Crippen LogP contribution in [0.4, 0.5) is 0 Å². The molecule has 0 aliphatic rings. The molecular weight excluding hydrogens is 216 g/mol. The van der Waals surface area contributed by atoms with Crippen LogP contribution in [0.25, 0.3) is 0 Å². The molecule has 2 rings (SSSR count). The van der Waals surface area contributed by atoms with Crippen molar-refractivity contribution in [3.05, 3.63) is 58.4 Å². The maximum Gasteiger partial charge on any atom is 0.250 e. The molecule has 17 heavy (non-hydrogen) atoms. The van der Waals surface area contributed by atoms with Crippen LogP contribution in [0, 0.1) is 6.92 Å². The third-order valence-corrected chi connectivity index (χ3v) is 2.59. The molecule has 0 unspecified atom stereocenters. The average molecular weight is 232 g/mol. The molecule has 0 radical (unpaired) electrons. The van der Waals surface area contributed by atoms with E-state index in [4.69, 9.17) is 4.42 Å². The number of pyridine rings is 1. The molecule has 0 atom stereocenters. The summed E-state index contributed by atoms with van der Waals surface area (Å²) in [6.45, 7) is 4.12. The van der Waals surface area contributed by atoms with Crippen molar-refractivity contribution in [2.24, 2.45) is 0 Å². The Bertz CT molecular complexity index is 514. The largest absolute Gasteiger partial charge is 0.472 e. The Labute approximate surface area is 99.9 Å². The van der Waals surface area contributed by atoms with Gasteiger partial charge < -0.3 is 14.3 Å². The first-order chi connectivity index (χ1) is 8.25. The first kappa shape index (κ1) is 11.7. The standard InChI is InChI=1S/C13H16N2O2/c1-11-2-5-15(13(16)8-11)6-4-14-9-12-3-7-17-10-12/h2-3,5,7-8,10,14H,4,6,9H2,1H3. The Kier molecular flexibility index (Phi) is 3.77. The fraction of sp³-hybridized carbons (Fsp3) is 0.308. The Balaban J connectivity index is 1.80. The molecule has 0 amide bonds. The van der Waals surface area contributed by atoms with Crippen molar-refractivity contribution in [2.75, 3.05) is 6.54 Å². The second-order valence-electron chi connectivity index (χ2n) is 4.04. The molecule has 0 aliphatic carbocycles. The van der Waals surface area contributed by atoms with E-state index in [2.05, 4.69) is 5.32 Å². The van der Waals surface area contributed by atoms with E-state index >= 15 is 0 Å². The summed E-state index contributed by atoms with van der Waals surface area (Å²) in [5.74, 6) is 0. The molecule has 0 fully saturated rings. The number of nitrogens with zero attached hydrogens (tertiary/aromatic N) is 1. The SMILES string of the molecule is Cc1ccn(CCNCc2ccoc2)c(=O)c1. The van der Waals surface area contributed by atoms with Gasteiger partial charge in [-0.05, 0) is 24.6 Å². The van der Waals surface area contributed by atoms with E-state index in [1.54, 1.807) is 23.2 Å². The van der Waals surface area contributed by atoms with Gasteiger partial charge in [-0.25, -0.2) is 0 Å². The minimum atomic E-state index is 0.0510. The number of nitrogens with one attached hydrogen (secondary N) is 1. The van der Waals surface area contributed by atoms with E-state index in [1.807, 2.05) is 25.3 Å². The maximum atomic E-state index is 11.6. The third kappa shape index (κ3) is 3.32. The number of rotatable bonds is 5. The van der Waals surface area contributed by atoms with Crippen molar-refractivity contribution in [3.8, 4) is 0 Å². The zero-order valence-corrected chi connectivity index (χ0v) is 9.85. The fourth-order valence-electron chi connectivity index (χ4n) is 1.62. The van der Waals surface area contributed by atoms with E-state index in [1.165, 1.54) is 0 Å². The second-order valence-corrected chi connectivity index (χ2v) is 4.04. The van der Waals surface area contributed by atoms with E-state index in [9.17, 15) is 4.79 Å². The summed E-state index contributed by atoms with van der Waals surface area (Å²) in [4.78, 5) is 11.6. The number of aromatic nitrogens is 1. The van der Waals surface area contributed by atoms with Crippen molar-refractivity contribution in [2.45, 2.75) is 20.0 Å². The van der Waals surface area contributed by atoms with Gasteiger partial charge in [-0.2, -0.15) is 0 Å². The smallest absolute Gasteiger partial charge is 0.250 e. The highest BCUT2D eigenvalue weighted by atomic mass is 16.3. The van der Waals surface area contributed by atoms with Gasteiger partial charge in [0.15, 0.2) is 0 Å². The summed E-state index contributed by atoms with van der Waals surface area (Å²) in [5, 5.41) is 3.26. The van der Waals surface area contributed by atoms with Crippen LogP contribution < -0.4 is 10.9 Å². The van der Waals surface area contributed by atoms with E-state index in [0.29, 0.717) is 6.54 Å². The molecule has 0 saturated heterocycles. The number of hydrogen-bond donors (Lipinski definition) is 1. The van der Waals surface area contributed by atoms with Gasteiger partial charge in [-0.1, -0.05) is 0 Å². The van der Waals surface area contributed by atoms with Gasteiger partial charge in [0.1, 0.15) is 0 Å². The van der Waals surface area contributed by atoms with Crippen LogP contribution in [-0.4, -0.2) is 11.1 Å². The molecule has 0 spiro atoms. The molecule has 0 aliphatic heterocycles. The van der Waals surface area contributed by atoms with Gasteiger partial charge in [0, 0.05) is 37.5 Å². The lowest BCUT2D eigenvalue weighted by Gasteiger charge is -2.06. The molecule has 4 nitrogen and oxygen atoms in total. The topological polar surface area (TPSA) is 47.2 Å². The summed E-state index contributed by atoms with van der Waals surface area (Å²) in [6.07, 6.45) is 5.20. The lowest BCUT2D eigenvalue weighted by atomic mass is 10.3. The number of aryl methyl sites for hydroxylation is 1. The van der Waals surface area contributed by atoms with Crippen LogP contribution in [-0.2, 0) is 13.1 Å². The van der Waals surface area contributed by atoms with Gasteiger partial charge in [-0.15, -0.1) is 0 Å². The van der Waals surface area contributed by atoms with Gasteiger partial charge in [0.2, 0.25) is 0 Å². The molecule has 0 bridgehead atoms. The Hall–Kier alpha value is -1.81. The first-order valence-electron chi connectivity index (χ1n) is 5.64. The summed E-state index contributed by atoms with van der Waals surface area (Å²) >= 11 is 0. The normalized spacial score (nSPS) is 10.6. The molecule has 1 N–H and O–H groups in total. The van der Waals surface area contributed by atoms with Gasteiger partial charge in [0.25, 0.3) is 5.56 Å². The highest BCUT2D eigenvalue weighted by Crippen LogP contribution is 1.98. The molecular formula is C13H16N2O2. The number of furan rings is 1. The van der Waals surface area contributed by atoms with E-state index in [-0.39, 0.29) is 5.56 Å². The third-order valence-electron chi connectivity index (χ3n) is 2.59. The van der Waals surface area contributed by atoms with Crippen molar-refractivity contribution >= 4 is 0 Å². The molecule has 2 aromatic heterocycles.